The Hall–Kier alpha value is -0.820. The van der Waals surface area contributed by atoms with Crippen molar-refractivity contribution in [3.63, 3.8) is 0 Å². The van der Waals surface area contributed by atoms with Gasteiger partial charge in [0.05, 0.1) is 0 Å². The van der Waals surface area contributed by atoms with Crippen molar-refractivity contribution in [3.8, 4) is 0 Å². The normalized spacial score (nSPS) is 10.9. The van der Waals surface area contributed by atoms with Crippen LogP contribution in [0, 0.1) is 13.8 Å². The molecule has 14 heavy (non-hydrogen) atoms. The standard InChI is InChI=1S/C13H21N/c1-10(2)14-8-7-13-6-5-11(3)12(4)9-13/h5-6,9-10,14H,7-8H2,1-4H3. The van der Waals surface area contributed by atoms with Gasteiger partial charge >= 0.3 is 0 Å². The van der Waals surface area contributed by atoms with Gasteiger partial charge in [-0.05, 0) is 43.5 Å². The molecule has 0 amide bonds. The summed E-state index contributed by atoms with van der Waals surface area (Å²) in [5.74, 6) is 0. The smallest absolute Gasteiger partial charge is 0.00105 e. The highest BCUT2D eigenvalue weighted by Crippen LogP contribution is 2.09. The maximum absolute atomic E-state index is 3.43. The van der Waals surface area contributed by atoms with E-state index in [0.717, 1.165) is 13.0 Å². The van der Waals surface area contributed by atoms with Gasteiger partial charge < -0.3 is 5.32 Å². The van der Waals surface area contributed by atoms with Crippen LogP contribution in [-0.4, -0.2) is 12.6 Å². The first kappa shape index (κ1) is 11.3. The molecule has 1 aromatic rings. The molecule has 78 valence electrons. The van der Waals surface area contributed by atoms with Crippen molar-refractivity contribution in [1.29, 1.82) is 0 Å². The van der Waals surface area contributed by atoms with E-state index in [1.165, 1.54) is 16.7 Å². The SMILES string of the molecule is Cc1ccc(CCNC(C)C)cc1C. The maximum atomic E-state index is 3.43. The van der Waals surface area contributed by atoms with Crippen molar-refractivity contribution >= 4 is 0 Å². The lowest BCUT2D eigenvalue weighted by Gasteiger charge is -2.09. The molecule has 1 N–H and O–H groups in total. The first-order valence-corrected chi connectivity index (χ1v) is 5.39. The van der Waals surface area contributed by atoms with Crippen LogP contribution in [0.2, 0.25) is 0 Å². The molecular weight excluding hydrogens is 170 g/mol. The molecule has 0 unspecified atom stereocenters. The summed E-state index contributed by atoms with van der Waals surface area (Å²) in [4.78, 5) is 0. The van der Waals surface area contributed by atoms with Crippen LogP contribution < -0.4 is 5.32 Å². The third kappa shape index (κ3) is 3.51. The largest absolute Gasteiger partial charge is 0.314 e. The molecule has 0 radical (unpaired) electrons. The minimum atomic E-state index is 0.585. The van der Waals surface area contributed by atoms with Gasteiger partial charge in [0.15, 0.2) is 0 Å². The minimum absolute atomic E-state index is 0.585. The molecule has 1 aromatic carbocycles. The molecule has 0 atom stereocenters. The number of benzene rings is 1. The fourth-order valence-corrected chi connectivity index (χ4v) is 1.46. The predicted molar refractivity (Wildman–Crippen MR) is 62.8 cm³/mol. The molecule has 0 spiro atoms. The summed E-state index contributed by atoms with van der Waals surface area (Å²) in [5, 5.41) is 3.43. The number of hydrogen-bond acceptors (Lipinski definition) is 1. The summed E-state index contributed by atoms with van der Waals surface area (Å²) < 4.78 is 0. The summed E-state index contributed by atoms with van der Waals surface area (Å²) in [6, 6.07) is 7.31. The molecule has 0 aliphatic rings. The zero-order chi connectivity index (χ0) is 10.6. The van der Waals surface area contributed by atoms with Crippen LogP contribution in [-0.2, 0) is 6.42 Å². The summed E-state index contributed by atoms with van der Waals surface area (Å²) in [6.45, 7) is 9.77. The Balaban J connectivity index is 2.47. The summed E-state index contributed by atoms with van der Waals surface area (Å²) >= 11 is 0. The molecule has 1 nitrogen and oxygen atoms in total. The zero-order valence-electron chi connectivity index (χ0n) is 9.72. The predicted octanol–water partition coefficient (Wildman–Crippen LogP) is 2.84. The third-order valence-electron chi connectivity index (χ3n) is 2.54. The molecule has 1 rings (SSSR count). The second-order valence-electron chi connectivity index (χ2n) is 4.28. The van der Waals surface area contributed by atoms with E-state index in [1.807, 2.05) is 0 Å². The summed E-state index contributed by atoms with van der Waals surface area (Å²) in [6.07, 6.45) is 1.12. The van der Waals surface area contributed by atoms with Crippen molar-refractivity contribution in [3.05, 3.63) is 34.9 Å². The van der Waals surface area contributed by atoms with Gasteiger partial charge in [-0.3, -0.25) is 0 Å². The second-order valence-corrected chi connectivity index (χ2v) is 4.28. The van der Waals surface area contributed by atoms with Gasteiger partial charge in [-0.2, -0.15) is 0 Å². The lowest BCUT2D eigenvalue weighted by atomic mass is 10.0. The Kier molecular flexibility index (Phi) is 4.15. The van der Waals surface area contributed by atoms with E-state index in [2.05, 4.69) is 51.2 Å². The van der Waals surface area contributed by atoms with Gasteiger partial charge in [-0.25, -0.2) is 0 Å². The Morgan fingerprint density at radius 3 is 2.43 bits per heavy atom. The first-order valence-electron chi connectivity index (χ1n) is 5.39. The van der Waals surface area contributed by atoms with Gasteiger partial charge in [0.25, 0.3) is 0 Å². The fourth-order valence-electron chi connectivity index (χ4n) is 1.46. The lowest BCUT2D eigenvalue weighted by molar-refractivity contribution is 0.590. The third-order valence-corrected chi connectivity index (χ3v) is 2.54. The van der Waals surface area contributed by atoms with E-state index in [1.54, 1.807) is 0 Å². The van der Waals surface area contributed by atoms with Gasteiger partial charge in [-0.15, -0.1) is 0 Å². The van der Waals surface area contributed by atoms with Crippen molar-refractivity contribution in [2.24, 2.45) is 0 Å². The topological polar surface area (TPSA) is 12.0 Å². The number of nitrogens with one attached hydrogen (secondary N) is 1. The van der Waals surface area contributed by atoms with Crippen molar-refractivity contribution in [1.82, 2.24) is 5.32 Å². The number of aryl methyl sites for hydroxylation is 2. The van der Waals surface area contributed by atoms with Crippen LogP contribution in [0.25, 0.3) is 0 Å². The Labute approximate surface area is 87.5 Å². The second kappa shape index (κ2) is 5.16. The molecule has 0 bridgehead atoms. The van der Waals surface area contributed by atoms with Crippen molar-refractivity contribution < 1.29 is 0 Å². The quantitative estimate of drug-likeness (QED) is 0.771. The summed E-state index contributed by atoms with van der Waals surface area (Å²) in [7, 11) is 0. The molecule has 0 saturated heterocycles. The van der Waals surface area contributed by atoms with Crippen molar-refractivity contribution in [2.75, 3.05) is 6.54 Å². The monoisotopic (exact) mass is 191 g/mol. The van der Waals surface area contributed by atoms with E-state index in [4.69, 9.17) is 0 Å². The zero-order valence-corrected chi connectivity index (χ0v) is 9.72. The van der Waals surface area contributed by atoms with Crippen LogP contribution >= 0.6 is 0 Å². The molecular formula is C13H21N. The van der Waals surface area contributed by atoms with Crippen LogP contribution in [0.4, 0.5) is 0 Å². The fraction of sp³-hybridized carbons (Fsp3) is 0.538. The average molecular weight is 191 g/mol. The van der Waals surface area contributed by atoms with E-state index in [0.29, 0.717) is 6.04 Å². The number of rotatable bonds is 4. The van der Waals surface area contributed by atoms with E-state index >= 15 is 0 Å². The number of hydrogen-bond donors (Lipinski definition) is 1. The molecule has 0 aliphatic heterocycles. The van der Waals surface area contributed by atoms with E-state index in [9.17, 15) is 0 Å². The van der Waals surface area contributed by atoms with Crippen LogP contribution in [0.3, 0.4) is 0 Å². The van der Waals surface area contributed by atoms with E-state index in [-0.39, 0.29) is 0 Å². The van der Waals surface area contributed by atoms with Gasteiger partial charge in [0.1, 0.15) is 0 Å². The lowest BCUT2D eigenvalue weighted by Crippen LogP contribution is -2.24. The van der Waals surface area contributed by atoms with Gasteiger partial charge in [0, 0.05) is 6.04 Å². The van der Waals surface area contributed by atoms with Crippen LogP contribution in [0.5, 0.6) is 0 Å². The molecule has 0 fully saturated rings. The van der Waals surface area contributed by atoms with Crippen molar-refractivity contribution in [2.45, 2.75) is 40.2 Å². The summed E-state index contributed by atoms with van der Waals surface area (Å²) in [5.41, 5.74) is 4.21. The minimum Gasteiger partial charge on any atom is -0.314 e. The highest BCUT2D eigenvalue weighted by molar-refractivity contribution is 5.29. The maximum Gasteiger partial charge on any atom is 0.00105 e. The molecule has 0 saturated carbocycles. The Morgan fingerprint density at radius 1 is 1.14 bits per heavy atom. The molecule has 0 heterocycles. The Morgan fingerprint density at radius 2 is 1.86 bits per heavy atom. The Bertz CT molecular complexity index is 289. The highest BCUT2D eigenvalue weighted by atomic mass is 14.9. The van der Waals surface area contributed by atoms with Gasteiger partial charge in [-0.1, -0.05) is 32.0 Å². The average Bonchev–Trinajstić information content (AvgIpc) is 2.10. The van der Waals surface area contributed by atoms with Crippen LogP contribution in [0.1, 0.15) is 30.5 Å². The molecule has 0 aromatic heterocycles. The van der Waals surface area contributed by atoms with E-state index < -0.39 is 0 Å². The molecule has 1 heteroatoms. The van der Waals surface area contributed by atoms with Crippen LogP contribution in [0.15, 0.2) is 18.2 Å². The first-order chi connectivity index (χ1) is 6.59. The van der Waals surface area contributed by atoms with Gasteiger partial charge in [0.2, 0.25) is 0 Å². The molecule has 0 aliphatic carbocycles. The highest BCUT2D eigenvalue weighted by Gasteiger charge is 1.97.